The van der Waals surface area contributed by atoms with Crippen molar-refractivity contribution < 1.29 is 0 Å². The van der Waals surface area contributed by atoms with E-state index in [4.69, 9.17) is 0 Å². The maximum atomic E-state index is 3.51. The van der Waals surface area contributed by atoms with Crippen LogP contribution in [0.2, 0.25) is 0 Å². The maximum Gasteiger partial charge on any atom is 0.0300 e. The second-order valence-corrected chi connectivity index (χ2v) is 6.50. The van der Waals surface area contributed by atoms with Crippen LogP contribution in [-0.2, 0) is 19.4 Å². The number of hydrogen-bond donors (Lipinski definition) is 1. The normalized spacial score (nSPS) is 14.5. The topological polar surface area (TPSA) is 12.0 Å². The van der Waals surface area contributed by atoms with Gasteiger partial charge >= 0.3 is 0 Å². The van der Waals surface area contributed by atoms with Crippen LogP contribution in [0, 0.1) is 0 Å². The van der Waals surface area contributed by atoms with Crippen molar-refractivity contribution in [2.45, 2.75) is 32.7 Å². The Kier molecular flexibility index (Phi) is 4.54. The highest BCUT2D eigenvalue weighted by molar-refractivity contribution is 7.99. The van der Waals surface area contributed by atoms with E-state index in [0.717, 1.165) is 13.1 Å². The first-order valence-electron chi connectivity index (χ1n) is 5.79. The van der Waals surface area contributed by atoms with Crippen molar-refractivity contribution in [3.8, 4) is 0 Å². The molecule has 15 heavy (non-hydrogen) atoms. The Bertz CT molecular complexity index is 285. The molecule has 0 saturated carbocycles. The molecule has 0 unspecified atom stereocenters. The summed E-state index contributed by atoms with van der Waals surface area (Å²) in [6, 6.07) is 2.41. The van der Waals surface area contributed by atoms with Crippen LogP contribution < -0.4 is 5.32 Å². The summed E-state index contributed by atoms with van der Waals surface area (Å²) in [7, 11) is 0. The van der Waals surface area contributed by atoms with Crippen LogP contribution in [0.1, 0.15) is 28.7 Å². The van der Waals surface area contributed by atoms with Gasteiger partial charge in [-0.25, -0.2) is 0 Å². The maximum absolute atomic E-state index is 3.51. The van der Waals surface area contributed by atoms with Crippen LogP contribution in [0.3, 0.4) is 0 Å². The summed E-state index contributed by atoms with van der Waals surface area (Å²) in [6.45, 7) is 4.43. The molecular weight excluding hydrogens is 222 g/mol. The van der Waals surface area contributed by atoms with E-state index >= 15 is 0 Å². The van der Waals surface area contributed by atoms with Crippen molar-refractivity contribution in [1.82, 2.24) is 5.32 Å². The lowest BCUT2D eigenvalue weighted by Crippen LogP contribution is -2.15. The first kappa shape index (κ1) is 11.5. The van der Waals surface area contributed by atoms with Gasteiger partial charge in [-0.15, -0.1) is 11.3 Å². The van der Waals surface area contributed by atoms with E-state index in [1.807, 2.05) is 23.1 Å². The van der Waals surface area contributed by atoms with Crippen molar-refractivity contribution in [2.24, 2.45) is 0 Å². The Labute approximate surface area is 101 Å². The summed E-state index contributed by atoms with van der Waals surface area (Å²) >= 11 is 4.02. The fourth-order valence-corrected chi connectivity index (χ4v) is 3.79. The van der Waals surface area contributed by atoms with Crippen LogP contribution in [0.5, 0.6) is 0 Å². The lowest BCUT2D eigenvalue weighted by atomic mass is 10.2. The standard InChI is InChI=1S/C12H19NS2/c1-2-14-7-6-13-9-11-8-10-4-3-5-12(10)15-11/h8,13H,2-7,9H2,1H3. The lowest BCUT2D eigenvalue weighted by molar-refractivity contribution is 0.740. The summed E-state index contributed by atoms with van der Waals surface area (Å²) in [6.07, 6.45) is 4.02. The Morgan fingerprint density at radius 3 is 3.20 bits per heavy atom. The van der Waals surface area contributed by atoms with Crippen molar-refractivity contribution in [2.75, 3.05) is 18.1 Å². The number of thiophene rings is 1. The van der Waals surface area contributed by atoms with Gasteiger partial charge in [-0.05, 0) is 36.6 Å². The second-order valence-electron chi connectivity index (χ2n) is 3.89. The first-order valence-corrected chi connectivity index (χ1v) is 7.76. The highest BCUT2D eigenvalue weighted by Crippen LogP contribution is 2.30. The molecule has 0 atom stereocenters. The van der Waals surface area contributed by atoms with Gasteiger partial charge in [0.25, 0.3) is 0 Å². The van der Waals surface area contributed by atoms with E-state index in [9.17, 15) is 0 Å². The van der Waals surface area contributed by atoms with Gasteiger partial charge in [-0.3, -0.25) is 0 Å². The third-order valence-electron chi connectivity index (χ3n) is 2.72. The number of fused-ring (bicyclic) bond motifs is 1. The molecule has 0 bridgehead atoms. The predicted octanol–water partition coefficient (Wildman–Crippen LogP) is 3.08. The Balaban J connectivity index is 1.70. The van der Waals surface area contributed by atoms with Crippen LogP contribution >= 0.6 is 23.1 Å². The molecule has 0 amide bonds. The highest BCUT2D eigenvalue weighted by atomic mass is 32.2. The molecule has 0 saturated heterocycles. The Hall–Kier alpha value is 0.01000. The summed E-state index contributed by atoms with van der Waals surface area (Å²) in [5.41, 5.74) is 1.62. The van der Waals surface area contributed by atoms with Crippen LogP contribution in [0.4, 0.5) is 0 Å². The van der Waals surface area contributed by atoms with Gasteiger partial charge in [0.05, 0.1) is 0 Å². The number of aryl methyl sites for hydroxylation is 2. The fraction of sp³-hybridized carbons (Fsp3) is 0.667. The second kappa shape index (κ2) is 5.92. The zero-order valence-corrected chi connectivity index (χ0v) is 11.0. The molecule has 0 fully saturated rings. The van der Waals surface area contributed by atoms with Gasteiger partial charge in [0.2, 0.25) is 0 Å². The molecule has 1 aliphatic rings. The predicted molar refractivity (Wildman–Crippen MR) is 71.0 cm³/mol. The lowest BCUT2D eigenvalue weighted by Gasteiger charge is -2.01. The van der Waals surface area contributed by atoms with Gasteiger partial charge in [-0.1, -0.05) is 6.92 Å². The average Bonchev–Trinajstić information content (AvgIpc) is 2.77. The van der Waals surface area contributed by atoms with E-state index in [1.165, 1.54) is 35.6 Å². The van der Waals surface area contributed by atoms with Crippen molar-refractivity contribution in [3.63, 3.8) is 0 Å². The van der Waals surface area contributed by atoms with Crippen molar-refractivity contribution in [3.05, 3.63) is 21.4 Å². The number of hydrogen-bond acceptors (Lipinski definition) is 3. The van der Waals surface area contributed by atoms with Crippen LogP contribution in [-0.4, -0.2) is 18.1 Å². The van der Waals surface area contributed by atoms with E-state index in [-0.39, 0.29) is 0 Å². The molecule has 3 heteroatoms. The summed E-state index contributed by atoms with van der Waals surface area (Å²) in [4.78, 5) is 3.18. The van der Waals surface area contributed by atoms with Gasteiger partial charge in [0.1, 0.15) is 0 Å². The Morgan fingerprint density at radius 2 is 2.40 bits per heavy atom. The minimum absolute atomic E-state index is 1.07. The average molecular weight is 241 g/mol. The molecule has 1 heterocycles. The van der Waals surface area contributed by atoms with E-state index in [0.29, 0.717) is 0 Å². The molecule has 1 aromatic heterocycles. The number of rotatable bonds is 6. The highest BCUT2D eigenvalue weighted by Gasteiger charge is 2.14. The molecule has 1 aromatic rings. The molecule has 0 radical (unpaired) electrons. The minimum atomic E-state index is 1.07. The van der Waals surface area contributed by atoms with Gasteiger partial charge in [0.15, 0.2) is 0 Å². The van der Waals surface area contributed by atoms with E-state index in [1.54, 1.807) is 10.4 Å². The van der Waals surface area contributed by atoms with Gasteiger partial charge in [0, 0.05) is 28.6 Å². The van der Waals surface area contributed by atoms with Crippen molar-refractivity contribution in [1.29, 1.82) is 0 Å². The first-order chi connectivity index (χ1) is 7.40. The number of nitrogens with one attached hydrogen (secondary N) is 1. The van der Waals surface area contributed by atoms with E-state index < -0.39 is 0 Å². The molecule has 1 aliphatic carbocycles. The molecule has 2 rings (SSSR count). The molecular formula is C12H19NS2. The van der Waals surface area contributed by atoms with Gasteiger partial charge < -0.3 is 5.32 Å². The molecule has 84 valence electrons. The molecule has 0 spiro atoms. The smallest absolute Gasteiger partial charge is 0.0300 e. The molecule has 1 N–H and O–H groups in total. The quantitative estimate of drug-likeness (QED) is 0.768. The molecule has 1 nitrogen and oxygen atoms in total. The fourth-order valence-electron chi connectivity index (χ4n) is 1.98. The Morgan fingerprint density at radius 1 is 1.47 bits per heavy atom. The van der Waals surface area contributed by atoms with Crippen LogP contribution in [0.25, 0.3) is 0 Å². The van der Waals surface area contributed by atoms with Gasteiger partial charge in [-0.2, -0.15) is 11.8 Å². The van der Waals surface area contributed by atoms with Crippen molar-refractivity contribution >= 4 is 23.1 Å². The SMILES string of the molecule is CCSCCNCc1cc2c(s1)CCC2. The third-order valence-corrected chi connectivity index (χ3v) is 4.86. The zero-order chi connectivity index (χ0) is 10.5. The largest absolute Gasteiger partial charge is 0.311 e. The summed E-state index contributed by atoms with van der Waals surface area (Å²) < 4.78 is 0. The molecule has 0 aromatic carbocycles. The van der Waals surface area contributed by atoms with E-state index in [2.05, 4.69) is 18.3 Å². The summed E-state index contributed by atoms with van der Waals surface area (Å²) in [5, 5.41) is 3.51. The third kappa shape index (κ3) is 3.23. The zero-order valence-electron chi connectivity index (χ0n) is 9.34. The van der Waals surface area contributed by atoms with Crippen LogP contribution in [0.15, 0.2) is 6.07 Å². The summed E-state index contributed by atoms with van der Waals surface area (Å²) in [5.74, 6) is 2.47. The molecule has 0 aliphatic heterocycles. The minimum Gasteiger partial charge on any atom is -0.311 e. The number of thioether (sulfide) groups is 1. The monoisotopic (exact) mass is 241 g/mol.